The van der Waals surface area contributed by atoms with Crippen molar-refractivity contribution in [1.29, 1.82) is 0 Å². The lowest BCUT2D eigenvalue weighted by atomic mass is 9.52. The highest BCUT2D eigenvalue weighted by atomic mass is 16.4. The van der Waals surface area contributed by atoms with E-state index in [4.69, 9.17) is 20.4 Å². The van der Waals surface area contributed by atoms with Crippen molar-refractivity contribution in [3.8, 4) is 0 Å². The number of aliphatic carboxylic acids is 2. The maximum absolute atomic E-state index is 11.8. The van der Waals surface area contributed by atoms with E-state index < -0.39 is 24.1 Å². The Bertz CT molecular complexity index is 851. The van der Waals surface area contributed by atoms with Crippen molar-refractivity contribution < 1.29 is 34.8 Å². The minimum absolute atomic E-state index is 0.205. The molecule has 5 atom stereocenters. The van der Waals surface area contributed by atoms with Crippen LogP contribution in [0, 0.1) is 5.92 Å². The Balaban J connectivity index is 0.000000233. The summed E-state index contributed by atoms with van der Waals surface area (Å²) in [5.74, 6) is -2.53. The number of carbonyl (C=O) groups is 3. The quantitative estimate of drug-likeness (QED) is 0.524. The van der Waals surface area contributed by atoms with Gasteiger partial charge in [-0.1, -0.05) is 25.0 Å². The number of ketones is 1. The molecular formula is C23H31NO7. The molecular weight excluding hydrogens is 402 g/mol. The molecule has 4 N–H and O–H groups in total. The van der Waals surface area contributed by atoms with Crippen LogP contribution in [0.4, 0.5) is 0 Å². The van der Waals surface area contributed by atoms with Gasteiger partial charge in [-0.2, -0.15) is 0 Å². The van der Waals surface area contributed by atoms with E-state index in [1.54, 1.807) is 6.92 Å². The van der Waals surface area contributed by atoms with Gasteiger partial charge in [0.1, 0.15) is 0 Å². The van der Waals surface area contributed by atoms with Crippen LogP contribution in [0.2, 0.25) is 0 Å². The maximum Gasteiger partial charge on any atom is 0.335 e. The number of aliphatic hydroxyl groups excluding tert-OH is 2. The van der Waals surface area contributed by atoms with Gasteiger partial charge in [0.2, 0.25) is 0 Å². The van der Waals surface area contributed by atoms with E-state index in [0.29, 0.717) is 5.41 Å². The highest BCUT2D eigenvalue weighted by Gasteiger charge is 2.53. The fourth-order valence-electron chi connectivity index (χ4n) is 5.69. The van der Waals surface area contributed by atoms with Gasteiger partial charge < -0.3 is 25.3 Å². The number of fused-ring (bicyclic) bond motifs is 1. The predicted molar refractivity (Wildman–Crippen MR) is 112 cm³/mol. The molecule has 4 rings (SSSR count). The number of Topliss-reactive ketones (excluding diaryl/α,β-unsaturated/α-hetero) is 1. The summed E-state index contributed by atoms with van der Waals surface area (Å²) in [5.41, 5.74) is 4.32. The largest absolute Gasteiger partial charge is 0.479 e. The number of carbonyl (C=O) groups excluding carboxylic acids is 1. The molecule has 170 valence electrons. The Kier molecular flexibility index (Phi) is 6.83. The number of carboxylic acids is 2. The second kappa shape index (κ2) is 9.06. The Labute approximate surface area is 181 Å². The molecule has 2 fully saturated rings. The summed E-state index contributed by atoms with van der Waals surface area (Å²) in [7, 11) is 2.30. The smallest absolute Gasteiger partial charge is 0.335 e. The van der Waals surface area contributed by atoms with Crippen LogP contribution >= 0.6 is 0 Å². The van der Waals surface area contributed by atoms with Crippen LogP contribution in [0.3, 0.4) is 0 Å². The van der Waals surface area contributed by atoms with Gasteiger partial charge in [-0.3, -0.25) is 4.79 Å². The summed E-state index contributed by atoms with van der Waals surface area (Å²) in [6.07, 6.45) is 3.37. The molecule has 1 saturated carbocycles. The first-order valence-corrected chi connectivity index (χ1v) is 10.7. The highest BCUT2D eigenvalue weighted by molar-refractivity contribution is 5.94. The monoisotopic (exact) mass is 433 g/mol. The van der Waals surface area contributed by atoms with Gasteiger partial charge in [0.25, 0.3) is 0 Å². The molecule has 31 heavy (non-hydrogen) atoms. The molecule has 2 aliphatic carbocycles. The molecule has 8 heteroatoms. The first-order chi connectivity index (χ1) is 14.6. The van der Waals surface area contributed by atoms with Crippen molar-refractivity contribution >= 4 is 17.7 Å². The van der Waals surface area contributed by atoms with Crippen molar-refractivity contribution in [2.45, 2.75) is 69.1 Å². The minimum Gasteiger partial charge on any atom is -0.479 e. The zero-order valence-electron chi connectivity index (χ0n) is 18.0. The summed E-state index contributed by atoms with van der Waals surface area (Å²) in [6, 6.07) is 7.24. The van der Waals surface area contributed by atoms with E-state index >= 15 is 0 Å². The third-order valence-corrected chi connectivity index (χ3v) is 7.33. The van der Waals surface area contributed by atoms with Crippen LogP contribution in [0.5, 0.6) is 0 Å². The number of likely N-dealkylation sites (tertiary alicyclic amines) is 1. The number of benzene rings is 1. The highest BCUT2D eigenvalue weighted by Crippen LogP contribution is 2.55. The summed E-state index contributed by atoms with van der Waals surface area (Å²) >= 11 is 0. The third-order valence-electron chi connectivity index (χ3n) is 7.33. The number of hydrogen-bond acceptors (Lipinski definition) is 6. The number of aliphatic hydroxyl groups is 2. The lowest BCUT2D eigenvalue weighted by Gasteiger charge is -2.58. The standard InChI is InChI=1S/C19H25NO.C4H6O6/c1-13(21)14-6-7-15-12-18-16-5-3-4-8-19(16,17(15)11-14)9-10-20(18)2;5-1(3(7)8)2(6)4(9)10/h6-7,11,16,18H,3-5,8-10,12H2,1-2H3;1-2,5-6H,(H,7,8)(H,9,10)/t16-,18+,19+;/m0./s1. The van der Waals surface area contributed by atoms with Gasteiger partial charge in [0, 0.05) is 17.0 Å². The number of carboxylic acid groups (broad SMARTS) is 2. The molecule has 0 amide bonds. The van der Waals surface area contributed by atoms with Crippen molar-refractivity contribution in [2.24, 2.45) is 5.92 Å². The average molecular weight is 434 g/mol. The van der Waals surface area contributed by atoms with Gasteiger partial charge >= 0.3 is 11.9 Å². The van der Waals surface area contributed by atoms with Gasteiger partial charge in [-0.25, -0.2) is 9.59 Å². The lowest BCUT2D eigenvalue weighted by molar-refractivity contribution is -0.165. The Morgan fingerprint density at radius 3 is 2.29 bits per heavy atom. The normalized spacial score (nSPS) is 28.8. The number of rotatable bonds is 4. The molecule has 1 aliphatic heterocycles. The lowest BCUT2D eigenvalue weighted by Crippen LogP contribution is -2.59. The van der Waals surface area contributed by atoms with E-state index in [-0.39, 0.29) is 5.78 Å². The topological polar surface area (TPSA) is 135 Å². The molecule has 2 bridgehead atoms. The average Bonchev–Trinajstić information content (AvgIpc) is 2.75. The van der Waals surface area contributed by atoms with Crippen molar-refractivity contribution in [3.05, 3.63) is 34.9 Å². The van der Waals surface area contributed by atoms with Gasteiger partial charge in [-0.15, -0.1) is 0 Å². The molecule has 0 spiro atoms. The van der Waals surface area contributed by atoms with Crippen LogP contribution in [0.1, 0.15) is 60.5 Å². The molecule has 0 aromatic heterocycles. The number of nitrogens with zero attached hydrogens (tertiary/aromatic N) is 1. The first kappa shape index (κ1) is 23.4. The van der Waals surface area contributed by atoms with Gasteiger partial charge in [0.05, 0.1) is 0 Å². The second-order valence-electron chi connectivity index (χ2n) is 9.00. The molecule has 1 aromatic rings. The SMILES string of the molecule is CC(=O)c1ccc2c(c1)[C@@]13CCCC[C@H]1[C@@H](C2)N(C)CC3.O=C(O)C(O)C(O)C(=O)O. The molecule has 1 heterocycles. The van der Waals surface area contributed by atoms with Crippen LogP contribution in [-0.2, 0) is 21.4 Å². The van der Waals surface area contributed by atoms with Crippen LogP contribution < -0.4 is 0 Å². The first-order valence-electron chi connectivity index (χ1n) is 10.7. The molecule has 8 nitrogen and oxygen atoms in total. The van der Waals surface area contributed by atoms with Crippen molar-refractivity contribution in [3.63, 3.8) is 0 Å². The zero-order valence-corrected chi connectivity index (χ0v) is 18.0. The van der Waals surface area contributed by atoms with E-state index in [1.807, 2.05) is 6.07 Å². The Morgan fingerprint density at radius 2 is 1.71 bits per heavy atom. The fourth-order valence-corrected chi connectivity index (χ4v) is 5.69. The summed E-state index contributed by atoms with van der Waals surface area (Å²) in [5, 5.41) is 32.5. The second-order valence-corrected chi connectivity index (χ2v) is 9.00. The van der Waals surface area contributed by atoms with E-state index in [2.05, 4.69) is 24.1 Å². The predicted octanol–water partition coefficient (Wildman–Crippen LogP) is 1.45. The molecule has 2 unspecified atom stereocenters. The van der Waals surface area contributed by atoms with Crippen molar-refractivity contribution in [2.75, 3.05) is 13.6 Å². The zero-order chi connectivity index (χ0) is 22.9. The van der Waals surface area contributed by atoms with E-state index in [0.717, 1.165) is 17.5 Å². The number of piperidine rings is 1. The van der Waals surface area contributed by atoms with Gasteiger partial charge in [0.15, 0.2) is 18.0 Å². The summed E-state index contributed by atoms with van der Waals surface area (Å²) < 4.78 is 0. The van der Waals surface area contributed by atoms with Crippen LogP contribution in [0.15, 0.2) is 18.2 Å². The maximum atomic E-state index is 11.8. The summed E-state index contributed by atoms with van der Waals surface area (Å²) in [4.78, 5) is 33.9. The summed E-state index contributed by atoms with van der Waals surface area (Å²) in [6.45, 7) is 2.91. The molecule has 3 aliphatic rings. The van der Waals surface area contributed by atoms with Crippen LogP contribution in [-0.4, -0.2) is 74.9 Å². The van der Waals surface area contributed by atoms with Gasteiger partial charge in [-0.05, 0) is 69.3 Å². The fraction of sp³-hybridized carbons (Fsp3) is 0.609. The number of hydrogen-bond donors (Lipinski definition) is 4. The Hall–Kier alpha value is -2.29. The minimum atomic E-state index is -2.27. The van der Waals surface area contributed by atoms with E-state index in [1.165, 1.54) is 56.2 Å². The third kappa shape index (κ3) is 4.37. The van der Waals surface area contributed by atoms with Crippen LogP contribution in [0.25, 0.3) is 0 Å². The Morgan fingerprint density at radius 1 is 1.06 bits per heavy atom. The number of likely N-dealkylation sites (N-methyl/N-ethyl adjacent to an activating group) is 1. The van der Waals surface area contributed by atoms with Crippen molar-refractivity contribution in [1.82, 2.24) is 4.90 Å². The van der Waals surface area contributed by atoms with E-state index in [9.17, 15) is 14.4 Å². The molecule has 1 saturated heterocycles. The molecule has 1 aromatic carbocycles. The molecule has 0 radical (unpaired) electrons.